The van der Waals surface area contributed by atoms with Crippen molar-refractivity contribution in [3.8, 4) is 0 Å². The second-order valence-electron chi connectivity index (χ2n) is 7.39. The van der Waals surface area contributed by atoms with E-state index in [4.69, 9.17) is 28.9 Å². The van der Waals surface area contributed by atoms with E-state index in [1.807, 2.05) is 13.8 Å². The van der Waals surface area contributed by atoms with Crippen molar-refractivity contribution in [2.24, 2.45) is 0 Å². The number of aromatic nitrogens is 3. The van der Waals surface area contributed by atoms with E-state index in [-0.39, 0.29) is 15.7 Å². The number of halogens is 2. The van der Waals surface area contributed by atoms with Crippen LogP contribution in [0.5, 0.6) is 0 Å². The third-order valence-corrected chi connectivity index (χ3v) is 7.83. The van der Waals surface area contributed by atoms with Gasteiger partial charge in [-0.3, -0.25) is 0 Å². The van der Waals surface area contributed by atoms with Crippen LogP contribution < -0.4 is 5.73 Å². The normalized spacial score (nSPS) is 12.0. The molecule has 0 radical (unpaired) electrons. The Balaban J connectivity index is 1.68. The SMILES string of the molecule is CCc1nc2c(N)nc(C)c(C)c2n1CCCCCS(=O)(=O)c1ccc(Cl)cc1Cl. The number of aryl methyl sites for hydroxylation is 4. The number of pyridine rings is 1. The van der Waals surface area contributed by atoms with E-state index in [0.717, 1.165) is 53.9 Å². The molecule has 30 heavy (non-hydrogen) atoms. The van der Waals surface area contributed by atoms with Gasteiger partial charge in [-0.1, -0.05) is 36.5 Å². The summed E-state index contributed by atoms with van der Waals surface area (Å²) in [4.78, 5) is 9.20. The molecule has 2 N–H and O–H groups in total. The van der Waals surface area contributed by atoms with Gasteiger partial charge in [-0.05, 0) is 50.5 Å². The van der Waals surface area contributed by atoms with Gasteiger partial charge in [-0.25, -0.2) is 18.4 Å². The molecular weight excluding hydrogens is 443 g/mol. The van der Waals surface area contributed by atoms with Crippen molar-refractivity contribution in [3.05, 3.63) is 45.3 Å². The van der Waals surface area contributed by atoms with Crippen molar-refractivity contribution in [3.63, 3.8) is 0 Å². The topological polar surface area (TPSA) is 90.9 Å². The third-order valence-electron chi connectivity index (χ3n) is 5.32. The maximum atomic E-state index is 12.6. The number of fused-ring (bicyclic) bond motifs is 1. The first-order valence-corrected chi connectivity index (χ1v) is 12.4. The number of nitrogens with zero attached hydrogens (tertiary/aromatic N) is 3. The van der Waals surface area contributed by atoms with Crippen LogP contribution in [0.1, 0.15) is 43.3 Å². The van der Waals surface area contributed by atoms with Gasteiger partial charge in [-0.2, -0.15) is 0 Å². The van der Waals surface area contributed by atoms with Gasteiger partial charge in [0.05, 0.1) is 21.2 Å². The van der Waals surface area contributed by atoms with E-state index in [1.54, 1.807) is 6.07 Å². The highest BCUT2D eigenvalue weighted by Gasteiger charge is 2.19. The molecule has 162 valence electrons. The number of hydrogen-bond acceptors (Lipinski definition) is 5. The molecule has 3 rings (SSSR count). The predicted octanol–water partition coefficient (Wildman–Crippen LogP) is 5.14. The highest BCUT2D eigenvalue weighted by atomic mass is 35.5. The number of unbranched alkanes of at least 4 members (excludes halogenated alkanes) is 2. The number of benzene rings is 1. The van der Waals surface area contributed by atoms with E-state index in [0.29, 0.717) is 17.3 Å². The van der Waals surface area contributed by atoms with Crippen LogP contribution in [-0.2, 0) is 22.8 Å². The summed E-state index contributed by atoms with van der Waals surface area (Å²) in [6, 6.07) is 4.47. The summed E-state index contributed by atoms with van der Waals surface area (Å²) < 4.78 is 27.4. The van der Waals surface area contributed by atoms with Gasteiger partial charge in [0.1, 0.15) is 11.3 Å². The number of imidazole rings is 1. The van der Waals surface area contributed by atoms with Crippen molar-refractivity contribution in [1.29, 1.82) is 0 Å². The van der Waals surface area contributed by atoms with Crippen molar-refractivity contribution in [2.45, 2.75) is 57.9 Å². The van der Waals surface area contributed by atoms with E-state index < -0.39 is 9.84 Å². The molecule has 0 aliphatic heterocycles. The lowest BCUT2D eigenvalue weighted by molar-refractivity contribution is 0.574. The lowest BCUT2D eigenvalue weighted by Crippen LogP contribution is -2.09. The van der Waals surface area contributed by atoms with E-state index >= 15 is 0 Å². The summed E-state index contributed by atoms with van der Waals surface area (Å²) >= 11 is 11.9. The number of rotatable bonds is 8. The molecule has 2 aromatic heterocycles. The predicted molar refractivity (Wildman–Crippen MR) is 123 cm³/mol. The van der Waals surface area contributed by atoms with Crippen LogP contribution in [0.4, 0.5) is 5.82 Å². The Morgan fingerprint density at radius 3 is 2.50 bits per heavy atom. The Hall–Kier alpha value is -1.83. The number of nitrogen functional groups attached to an aromatic ring is 1. The monoisotopic (exact) mass is 468 g/mol. The average molecular weight is 469 g/mol. The molecule has 0 unspecified atom stereocenters. The van der Waals surface area contributed by atoms with Crippen LogP contribution in [0.2, 0.25) is 10.0 Å². The lowest BCUT2D eigenvalue weighted by Gasteiger charge is -2.11. The molecule has 0 fully saturated rings. The van der Waals surface area contributed by atoms with Crippen LogP contribution in [0.15, 0.2) is 23.1 Å². The van der Waals surface area contributed by atoms with Gasteiger partial charge in [0, 0.05) is 23.7 Å². The quantitative estimate of drug-likeness (QED) is 0.461. The number of hydrogen-bond donors (Lipinski definition) is 1. The highest BCUT2D eigenvalue weighted by molar-refractivity contribution is 7.91. The van der Waals surface area contributed by atoms with Crippen LogP contribution >= 0.6 is 23.2 Å². The minimum atomic E-state index is -3.44. The zero-order valence-corrected chi connectivity index (χ0v) is 19.7. The molecule has 0 spiro atoms. The fraction of sp³-hybridized carbons (Fsp3) is 0.429. The Labute approximate surface area is 187 Å². The molecule has 0 aliphatic carbocycles. The molecule has 9 heteroatoms. The molecule has 0 saturated carbocycles. The lowest BCUT2D eigenvalue weighted by atomic mass is 10.2. The van der Waals surface area contributed by atoms with Crippen LogP contribution in [0, 0.1) is 13.8 Å². The molecule has 0 atom stereocenters. The summed E-state index contributed by atoms with van der Waals surface area (Å²) in [6.07, 6.45) is 2.95. The van der Waals surface area contributed by atoms with Gasteiger partial charge in [0.2, 0.25) is 0 Å². The van der Waals surface area contributed by atoms with Crippen molar-refractivity contribution < 1.29 is 8.42 Å². The highest BCUT2D eigenvalue weighted by Crippen LogP contribution is 2.28. The standard InChI is InChI=1S/C21H26Cl2N4O2S/c1-4-18-26-19-20(13(2)14(3)25-21(19)24)27(18)10-6-5-7-11-30(28,29)17-9-8-15(22)12-16(17)23/h8-9,12H,4-7,10-11H2,1-3H3,(H2,24,25). The molecule has 0 saturated heterocycles. The Kier molecular flexibility index (Phi) is 6.95. The molecule has 0 amide bonds. The minimum Gasteiger partial charge on any atom is -0.382 e. The van der Waals surface area contributed by atoms with Crippen molar-refractivity contribution in [1.82, 2.24) is 14.5 Å². The van der Waals surface area contributed by atoms with Crippen LogP contribution in [-0.4, -0.2) is 28.7 Å². The number of sulfone groups is 1. The molecule has 1 aromatic carbocycles. The van der Waals surface area contributed by atoms with E-state index in [1.165, 1.54) is 12.1 Å². The first kappa shape index (κ1) is 22.8. The summed E-state index contributed by atoms with van der Waals surface area (Å²) in [5.74, 6) is 1.47. The number of anilines is 1. The largest absolute Gasteiger partial charge is 0.382 e. The molecular formula is C21H26Cl2N4O2S. The molecule has 2 heterocycles. The maximum absolute atomic E-state index is 12.6. The van der Waals surface area contributed by atoms with E-state index in [2.05, 4.69) is 21.5 Å². The Morgan fingerprint density at radius 1 is 1.10 bits per heavy atom. The first-order chi connectivity index (χ1) is 14.2. The summed E-state index contributed by atoms with van der Waals surface area (Å²) in [5.41, 5.74) is 9.84. The maximum Gasteiger partial charge on any atom is 0.179 e. The fourth-order valence-corrected chi connectivity index (χ4v) is 5.83. The van der Waals surface area contributed by atoms with Crippen molar-refractivity contribution in [2.75, 3.05) is 11.5 Å². The smallest absolute Gasteiger partial charge is 0.179 e. The van der Waals surface area contributed by atoms with Crippen LogP contribution in [0.3, 0.4) is 0 Å². The van der Waals surface area contributed by atoms with Crippen LogP contribution in [0.25, 0.3) is 11.0 Å². The minimum absolute atomic E-state index is 0.0503. The second kappa shape index (κ2) is 9.12. The van der Waals surface area contributed by atoms with Gasteiger partial charge < -0.3 is 10.3 Å². The third kappa shape index (κ3) is 4.58. The van der Waals surface area contributed by atoms with Gasteiger partial charge in [0.15, 0.2) is 15.7 Å². The zero-order chi connectivity index (χ0) is 22.1. The summed E-state index contributed by atoms with van der Waals surface area (Å²) in [7, 11) is -3.44. The number of nitrogens with two attached hydrogens (primary N) is 1. The Morgan fingerprint density at radius 2 is 1.83 bits per heavy atom. The van der Waals surface area contributed by atoms with Gasteiger partial charge >= 0.3 is 0 Å². The second-order valence-corrected chi connectivity index (χ2v) is 10.3. The Bertz CT molecular complexity index is 1190. The van der Waals surface area contributed by atoms with E-state index in [9.17, 15) is 8.42 Å². The zero-order valence-electron chi connectivity index (χ0n) is 17.4. The average Bonchev–Trinajstić information content (AvgIpc) is 3.05. The fourth-order valence-electron chi connectivity index (χ4n) is 3.63. The summed E-state index contributed by atoms with van der Waals surface area (Å²) in [6.45, 7) is 6.79. The van der Waals surface area contributed by atoms with Gasteiger partial charge in [0.25, 0.3) is 0 Å². The molecule has 0 aliphatic rings. The van der Waals surface area contributed by atoms with Crippen molar-refractivity contribution >= 4 is 49.9 Å². The molecule has 0 bridgehead atoms. The first-order valence-electron chi connectivity index (χ1n) is 9.95. The molecule has 6 nitrogen and oxygen atoms in total. The molecule has 3 aromatic rings. The summed E-state index contributed by atoms with van der Waals surface area (Å²) in [5, 5.41) is 0.580. The van der Waals surface area contributed by atoms with Gasteiger partial charge in [-0.15, -0.1) is 0 Å².